The molecule has 0 amide bonds. The van der Waals surface area contributed by atoms with Gasteiger partial charge in [0.05, 0.1) is 33.1 Å². The molecule has 0 atom stereocenters. The van der Waals surface area contributed by atoms with Crippen LogP contribution in [0, 0.1) is 0 Å². The highest BCUT2D eigenvalue weighted by atomic mass is 16.4. The Morgan fingerprint density at radius 2 is 0.407 bits per heavy atom. The first kappa shape index (κ1) is 85.4. The zero-order chi connectivity index (χ0) is 99.4. The standard InChI is InChI=1S/C53H35NO2.C47H31NO2.C41H27NO2/c1-53(2)44-31-38(22-23-39(44)40-24-27-49-51(52(40)53)41-13-7-9-15-48(41)56-49)54-45-25-20-35(34-18-16-33(17-19-34)32-10-4-3-5-11-32)28-42(45)43-29-37(21-26-46(43)54)50-30-36-12-6-8-14-47(36)55-50;1-47(2)38-27-32(18-19-33(38)34-20-23-43-45(46(34)47)35-13-7-9-15-42(35)50-43)48-39-21-16-29(28-10-4-3-5-11-28)24-36(39)37-25-31(17-22-40(37)48)44-26-30-12-6-8-14-41(30)49-44;1-41(2)32-23-26(16-17-27(32)29-18-20-37-39(40(29)41)30-11-5-8-14-36(30)44-37)42-33-12-6-4-10-28(33)31-21-25(15-19-34(31)42)38-22-24-9-3-7-13-35(24)43-38/h3-31H,1-2H3;3-27H,1-2H3;3-23H,1-2H3. The summed E-state index contributed by atoms with van der Waals surface area (Å²) in [5.74, 6) is 2.64. The van der Waals surface area contributed by atoms with E-state index in [1.807, 2.05) is 54.6 Å². The lowest BCUT2D eigenvalue weighted by Crippen LogP contribution is -2.16. The molecule has 0 N–H and O–H groups in total. The van der Waals surface area contributed by atoms with Crippen LogP contribution in [0.4, 0.5) is 0 Å². The van der Waals surface area contributed by atoms with Crippen LogP contribution in [0.2, 0.25) is 0 Å². The Balaban J connectivity index is 0.000000102. The molecule has 33 rings (SSSR count). The van der Waals surface area contributed by atoms with E-state index in [2.05, 4.69) is 456 Å². The second-order valence-corrected chi connectivity index (χ2v) is 42.4. The third kappa shape index (κ3) is 12.8. The summed E-state index contributed by atoms with van der Waals surface area (Å²) in [5, 5.41) is 17.8. The predicted octanol–water partition coefficient (Wildman–Crippen LogP) is 39.2. The second-order valence-electron chi connectivity index (χ2n) is 42.4. The first-order chi connectivity index (χ1) is 73.6. The Kier molecular flexibility index (Phi) is 18.2. The zero-order valence-electron chi connectivity index (χ0n) is 83.1. The molecule has 708 valence electrons. The van der Waals surface area contributed by atoms with Crippen molar-refractivity contribution < 1.29 is 26.5 Å². The van der Waals surface area contributed by atoms with E-state index >= 15 is 0 Å². The van der Waals surface area contributed by atoms with E-state index in [9.17, 15) is 0 Å². The molecule has 3 aliphatic carbocycles. The summed E-state index contributed by atoms with van der Waals surface area (Å²) in [7, 11) is 0. The molecular formula is C141H93N3O6. The number of para-hydroxylation sites is 7. The fraction of sp³-hybridized carbons (Fsp3) is 0.0638. The maximum Gasteiger partial charge on any atom is 0.135 e. The number of benzene rings is 21. The summed E-state index contributed by atoms with van der Waals surface area (Å²) in [6.07, 6.45) is 0. The van der Waals surface area contributed by atoms with Crippen LogP contribution in [-0.4, -0.2) is 13.7 Å². The zero-order valence-corrected chi connectivity index (χ0v) is 83.1. The van der Waals surface area contributed by atoms with Crippen molar-refractivity contribution in [2.75, 3.05) is 0 Å². The van der Waals surface area contributed by atoms with E-state index in [0.717, 1.165) is 117 Å². The van der Waals surface area contributed by atoms with E-state index < -0.39 is 0 Å². The molecule has 150 heavy (non-hydrogen) atoms. The van der Waals surface area contributed by atoms with E-state index in [1.54, 1.807) is 0 Å². The molecule has 9 heteroatoms. The van der Waals surface area contributed by atoms with Gasteiger partial charge < -0.3 is 40.2 Å². The van der Waals surface area contributed by atoms with Gasteiger partial charge in [0, 0.05) is 131 Å². The predicted molar refractivity (Wildman–Crippen MR) is 619 cm³/mol. The summed E-state index contributed by atoms with van der Waals surface area (Å²) >= 11 is 0. The molecule has 0 aliphatic heterocycles. The van der Waals surface area contributed by atoms with Crippen molar-refractivity contribution in [3.63, 3.8) is 0 Å². The van der Waals surface area contributed by atoms with Crippen molar-refractivity contribution >= 4 is 164 Å². The molecule has 30 aromatic rings. The van der Waals surface area contributed by atoms with Crippen LogP contribution in [0.5, 0.6) is 0 Å². The van der Waals surface area contributed by atoms with Crippen molar-refractivity contribution in [1.82, 2.24) is 13.7 Å². The van der Waals surface area contributed by atoms with Crippen molar-refractivity contribution in [2.45, 2.75) is 57.8 Å². The van der Waals surface area contributed by atoms with Gasteiger partial charge in [0.15, 0.2) is 0 Å². The maximum absolute atomic E-state index is 6.39. The van der Waals surface area contributed by atoms with E-state index in [4.69, 9.17) is 26.5 Å². The van der Waals surface area contributed by atoms with Crippen molar-refractivity contribution in [1.29, 1.82) is 0 Å². The van der Waals surface area contributed by atoms with Crippen LogP contribution < -0.4 is 0 Å². The van der Waals surface area contributed by atoms with Crippen LogP contribution in [0.3, 0.4) is 0 Å². The second kappa shape index (κ2) is 32.0. The number of rotatable bonds is 9. The first-order valence-electron chi connectivity index (χ1n) is 51.8. The van der Waals surface area contributed by atoms with E-state index in [-0.39, 0.29) is 16.2 Å². The quantitative estimate of drug-likeness (QED) is 0.143. The van der Waals surface area contributed by atoms with Gasteiger partial charge in [-0.25, -0.2) is 0 Å². The van der Waals surface area contributed by atoms with Gasteiger partial charge in [-0.05, 0) is 294 Å². The summed E-state index contributed by atoms with van der Waals surface area (Å²) in [6, 6.07) is 163. The Bertz CT molecular complexity index is 10900. The third-order valence-corrected chi connectivity index (χ3v) is 32.9. The largest absolute Gasteiger partial charge is 0.456 e. The summed E-state index contributed by atoms with van der Waals surface area (Å²) in [4.78, 5) is 0. The first-order valence-corrected chi connectivity index (χ1v) is 51.8. The number of nitrogens with zero attached hydrogens (tertiary/aromatic N) is 3. The topological polar surface area (TPSA) is 93.6 Å². The smallest absolute Gasteiger partial charge is 0.135 e. The Morgan fingerprint density at radius 3 is 0.747 bits per heavy atom. The average Bonchev–Trinajstić information content (AvgIpc) is 1.54. The van der Waals surface area contributed by atoms with Crippen molar-refractivity contribution in [3.8, 4) is 118 Å². The lowest BCUT2D eigenvalue weighted by Gasteiger charge is -2.23. The number of fused-ring (bicyclic) bond motifs is 33. The highest BCUT2D eigenvalue weighted by molar-refractivity contribution is 6.18. The third-order valence-electron chi connectivity index (χ3n) is 32.9. The van der Waals surface area contributed by atoms with Crippen LogP contribution in [-0.2, 0) is 16.2 Å². The van der Waals surface area contributed by atoms with E-state index in [1.165, 1.54) is 198 Å². The molecule has 9 heterocycles. The Morgan fingerprint density at radius 1 is 0.160 bits per heavy atom. The molecular weight excluding hydrogens is 1830 g/mol. The van der Waals surface area contributed by atoms with Gasteiger partial charge >= 0.3 is 0 Å². The molecule has 0 bridgehead atoms. The van der Waals surface area contributed by atoms with Crippen LogP contribution >= 0.6 is 0 Å². The lowest BCUT2D eigenvalue weighted by molar-refractivity contribution is 0.631. The molecule has 21 aromatic carbocycles. The average molecular weight is 1930 g/mol. The van der Waals surface area contributed by atoms with Gasteiger partial charge in [-0.3, -0.25) is 0 Å². The minimum Gasteiger partial charge on any atom is -0.456 e. The van der Waals surface area contributed by atoms with Gasteiger partial charge in [-0.15, -0.1) is 0 Å². The van der Waals surface area contributed by atoms with Crippen LogP contribution in [0.15, 0.2) is 481 Å². The maximum atomic E-state index is 6.39. The van der Waals surface area contributed by atoms with Crippen molar-refractivity contribution in [2.24, 2.45) is 0 Å². The van der Waals surface area contributed by atoms with Gasteiger partial charge in [0.1, 0.15) is 67.5 Å². The van der Waals surface area contributed by atoms with Gasteiger partial charge in [-0.1, -0.05) is 302 Å². The van der Waals surface area contributed by atoms with Crippen LogP contribution in [0.25, 0.3) is 282 Å². The minimum atomic E-state index is -0.237. The molecule has 0 fully saturated rings. The van der Waals surface area contributed by atoms with Crippen LogP contribution in [0.1, 0.15) is 74.9 Å². The lowest BCUT2D eigenvalue weighted by atomic mass is 9.80. The Labute approximate surface area is 862 Å². The highest BCUT2D eigenvalue weighted by Gasteiger charge is 2.43. The SMILES string of the molecule is CC1(C)c2cc(-n3c4ccc(-c5ccc(-c6ccccc6)cc5)cc4c4cc(-c5cc6ccccc6o5)ccc43)ccc2-c2ccc3oc4ccccc4c3c21.CC1(C)c2cc(-n3c4ccc(-c5ccccc5)cc4c4cc(-c5cc6ccccc6o5)ccc43)ccc2-c2ccc3oc4ccccc4c3c21.CC1(C)c2cc(-n3c4ccccc4c4cc(-c5cc6ccccc6o5)ccc43)ccc2-c2ccc3oc4ccccc4c3c21. The number of aromatic nitrogens is 3. The number of hydrogen-bond donors (Lipinski definition) is 0. The summed E-state index contributed by atoms with van der Waals surface area (Å²) < 4.78 is 45.3. The molecule has 9 aromatic heterocycles. The molecule has 0 radical (unpaired) electrons. The van der Waals surface area contributed by atoms with Gasteiger partial charge in [0.25, 0.3) is 0 Å². The molecule has 0 spiro atoms. The summed E-state index contributed by atoms with van der Waals surface area (Å²) in [6.45, 7) is 14.2. The summed E-state index contributed by atoms with van der Waals surface area (Å²) in [5.41, 5.74) is 44.5. The number of hydrogen-bond acceptors (Lipinski definition) is 6. The minimum absolute atomic E-state index is 0.194. The molecule has 0 saturated heterocycles. The van der Waals surface area contributed by atoms with E-state index in [0.29, 0.717) is 0 Å². The molecule has 0 saturated carbocycles. The molecule has 0 unspecified atom stereocenters. The monoisotopic (exact) mass is 1920 g/mol. The normalized spacial score (nSPS) is 13.6. The molecule has 9 nitrogen and oxygen atoms in total. The molecule has 3 aliphatic rings. The highest BCUT2D eigenvalue weighted by Crippen LogP contribution is 2.59. The number of furan rings is 6. The Hall–Kier alpha value is -19.0. The van der Waals surface area contributed by atoms with Gasteiger partial charge in [0.2, 0.25) is 0 Å². The van der Waals surface area contributed by atoms with Gasteiger partial charge in [-0.2, -0.15) is 0 Å². The fourth-order valence-electron chi connectivity index (χ4n) is 25.9. The van der Waals surface area contributed by atoms with Crippen molar-refractivity contribution in [3.05, 3.63) is 488 Å². The fourth-order valence-corrected chi connectivity index (χ4v) is 25.9.